The van der Waals surface area contributed by atoms with Crippen LogP contribution in [0.25, 0.3) is 0 Å². The lowest BCUT2D eigenvalue weighted by Gasteiger charge is -2.28. The zero-order valence-corrected chi connectivity index (χ0v) is 19.7. The Morgan fingerprint density at radius 2 is 0.862 bits per heavy atom. The third-order valence-electron chi connectivity index (χ3n) is 3.61. The molecule has 0 spiro atoms. The summed E-state index contributed by atoms with van der Waals surface area (Å²) >= 11 is 0. The molecule has 176 valence electrons. The van der Waals surface area contributed by atoms with E-state index in [0.29, 0.717) is 92.4 Å². The molecule has 0 unspecified atom stereocenters. The average molecular weight is 442 g/mol. The summed E-state index contributed by atoms with van der Waals surface area (Å²) in [5.41, 5.74) is 5.32. The summed E-state index contributed by atoms with van der Waals surface area (Å²) in [5, 5.41) is 0. The van der Waals surface area contributed by atoms with Gasteiger partial charge in [-0.2, -0.15) is 0 Å². The molecule has 0 rings (SSSR count). The van der Waals surface area contributed by atoms with Crippen LogP contribution < -0.4 is 5.73 Å². The fourth-order valence-electron chi connectivity index (χ4n) is 2.46. The van der Waals surface area contributed by atoms with Crippen LogP contribution >= 0.6 is 0 Å². The van der Waals surface area contributed by atoms with E-state index in [1.54, 1.807) is 0 Å². The molecule has 0 aromatic heterocycles. The Kier molecular flexibility index (Phi) is 22.4. The van der Waals surface area contributed by atoms with Gasteiger partial charge in [0.1, 0.15) is 0 Å². The van der Waals surface area contributed by atoms with Gasteiger partial charge in [-0.25, -0.2) is 0 Å². The van der Waals surface area contributed by atoms with E-state index in [4.69, 9.17) is 42.7 Å². The van der Waals surface area contributed by atoms with Gasteiger partial charge < -0.3 is 42.7 Å². The van der Waals surface area contributed by atoms with E-state index in [1.807, 2.05) is 20.8 Å². The van der Waals surface area contributed by atoms with Crippen LogP contribution in [-0.2, 0) is 37.0 Å². The Morgan fingerprint density at radius 1 is 0.517 bits per heavy atom. The van der Waals surface area contributed by atoms with Crippen LogP contribution in [0.4, 0.5) is 0 Å². The van der Waals surface area contributed by atoms with Crippen molar-refractivity contribution in [1.29, 1.82) is 0 Å². The molecule has 0 saturated carbocycles. The van der Waals surface area contributed by atoms with Gasteiger partial charge in [-0.3, -0.25) is 0 Å². The molecule has 0 bridgehead atoms. The highest BCUT2D eigenvalue weighted by atomic mass is 28.4. The van der Waals surface area contributed by atoms with E-state index in [0.717, 1.165) is 12.5 Å². The highest BCUT2D eigenvalue weighted by molar-refractivity contribution is 6.60. The van der Waals surface area contributed by atoms with E-state index >= 15 is 0 Å². The summed E-state index contributed by atoms with van der Waals surface area (Å²) in [6, 6.07) is 0.762. The highest BCUT2D eigenvalue weighted by Crippen LogP contribution is 2.18. The van der Waals surface area contributed by atoms with Gasteiger partial charge in [-0.05, 0) is 27.2 Å². The van der Waals surface area contributed by atoms with E-state index in [1.165, 1.54) is 0 Å². The Balaban J connectivity index is 3.43. The van der Waals surface area contributed by atoms with Crippen LogP contribution in [0, 0.1) is 0 Å². The second kappa shape index (κ2) is 22.5. The fraction of sp³-hybridized carbons (Fsp3) is 1.00. The molecule has 0 fully saturated rings. The minimum absolute atomic E-state index is 0.534. The molecular weight excluding hydrogens is 398 g/mol. The molecule has 0 saturated heterocycles. The van der Waals surface area contributed by atoms with Crippen LogP contribution in [-0.4, -0.2) is 101 Å². The SMILES string of the molecule is CCO[Si](CCCOCCOCCOCCOCCOCCN)(OCC)OCC. The standard InChI is InChI=1S/C19H43NO8Si/c1-4-26-29(27-5-2,28-6-3)19-7-9-21-11-13-23-15-17-25-18-16-24-14-12-22-10-8-20/h4-20H2,1-3H3. The molecule has 29 heavy (non-hydrogen) atoms. The van der Waals surface area contributed by atoms with Gasteiger partial charge in [0.15, 0.2) is 0 Å². The summed E-state index contributed by atoms with van der Waals surface area (Å²) in [6.07, 6.45) is 0.840. The first-order valence-electron chi connectivity index (χ1n) is 10.7. The van der Waals surface area contributed by atoms with E-state index < -0.39 is 8.80 Å². The molecule has 0 heterocycles. The third-order valence-corrected chi connectivity index (χ3v) is 6.77. The topological polar surface area (TPSA) is 99.9 Å². The average Bonchev–Trinajstić information content (AvgIpc) is 2.71. The molecule has 0 aliphatic carbocycles. The Hall–Kier alpha value is -0.143. The maximum Gasteiger partial charge on any atom is 0.501 e. The number of rotatable bonds is 24. The summed E-state index contributed by atoms with van der Waals surface area (Å²) in [5.74, 6) is 0. The van der Waals surface area contributed by atoms with Gasteiger partial charge in [0.25, 0.3) is 0 Å². The van der Waals surface area contributed by atoms with Crippen molar-refractivity contribution in [3.05, 3.63) is 0 Å². The minimum Gasteiger partial charge on any atom is -0.379 e. The van der Waals surface area contributed by atoms with Crippen LogP contribution in [0.1, 0.15) is 27.2 Å². The van der Waals surface area contributed by atoms with Crippen LogP contribution in [0.3, 0.4) is 0 Å². The minimum atomic E-state index is -2.55. The second-order valence-corrected chi connectivity index (χ2v) is 8.67. The molecule has 0 aromatic carbocycles. The van der Waals surface area contributed by atoms with Crippen molar-refractivity contribution >= 4 is 8.80 Å². The summed E-state index contributed by atoms with van der Waals surface area (Å²) < 4.78 is 44.5. The molecule has 9 nitrogen and oxygen atoms in total. The molecular formula is C19H43NO8Si. The maximum absolute atomic E-state index is 5.82. The lowest BCUT2D eigenvalue weighted by molar-refractivity contribution is -0.0108. The van der Waals surface area contributed by atoms with Gasteiger partial charge in [0.05, 0.1) is 59.5 Å². The van der Waals surface area contributed by atoms with Crippen molar-refractivity contribution in [2.45, 2.75) is 33.2 Å². The maximum atomic E-state index is 5.82. The van der Waals surface area contributed by atoms with Crippen molar-refractivity contribution in [3.8, 4) is 0 Å². The predicted octanol–water partition coefficient (Wildman–Crippen LogP) is 1.47. The highest BCUT2D eigenvalue weighted by Gasteiger charge is 2.39. The first-order valence-corrected chi connectivity index (χ1v) is 12.7. The molecule has 0 amide bonds. The lowest BCUT2D eigenvalue weighted by Crippen LogP contribution is -2.46. The second-order valence-electron chi connectivity index (χ2n) is 5.94. The normalized spacial score (nSPS) is 12.0. The third kappa shape index (κ3) is 18.4. The van der Waals surface area contributed by atoms with Gasteiger partial charge in [0, 0.05) is 39.0 Å². The Morgan fingerprint density at radius 3 is 1.21 bits per heavy atom. The zero-order valence-electron chi connectivity index (χ0n) is 18.7. The van der Waals surface area contributed by atoms with Gasteiger partial charge in [-0.1, -0.05) is 0 Å². The van der Waals surface area contributed by atoms with E-state index in [2.05, 4.69) is 0 Å². The Labute approximate surface area is 177 Å². The number of ether oxygens (including phenoxy) is 5. The summed E-state index contributed by atoms with van der Waals surface area (Å²) in [7, 11) is -2.55. The van der Waals surface area contributed by atoms with Gasteiger partial charge in [0.2, 0.25) is 0 Å². The summed E-state index contributed by atoms with van der Waals surface area (Å²) in [4.78, 5) is 0. The molecule has 0 aliphatic heterocycles. The van der Waals surface area contributed by atoms with Crippen molar-refractivity contribution in [2.75, 3.05) is 92.4 Å². The molecule has 0 atom stereocenters. The van der Waals surface area contributed by atoms with Crippen molar-refractivity contribution in [3.63, 3.8) is 0 Å². The smallest absolute Gasteiger partial charge is 0.379 e. The van der Waals surface area contributed by atoms with Crippen molar-refractivity contribution < 1.29 is 37.0 Å². The van der Waals surface area contributed by atoms with Gasteiger partial charge in [-0.15, -0.1) is 0 Å². The van der Waals surface area contributed by atoms with Crippen molar-refractivity contribution in [1.82, 2.24) is 0 Å². The molecule has 0 aliphatic rings. The van der Waals surface area contributed by atoms with E-state index in [9.17, 15) is 0 Å². The predicted molar refractivity (Wildman–Crippen MR) is 113 cm³/mol. The molecule has 10 heteroatoms. The first kappa shape index (κ1) is 28.9. The van der Waals surface area contributed by atoms with Crippen LogP contribution in [0.15, 0.2) is 0 Å². The molecule has 0 aromatic rings. The zero-order chi connectivity index (χ0) is 21.5. The van der Waals surface area contributed by atoms with Crippen molar-refractivity contribution in [2.24, 2.45) is 5.73 Å². The van der Waals surface area contributed by atoms with Crippen LogP contribution in [0.2, 0.25) is 6.04 Å². The lowest BCUT2D eigenvalue weighted by atomic mass is 10.5. The molecule has 0 radical (unpaired) electrons. The van der Waals surface area contributed by atoms with Crippen LogP contribution in [0.5, 0.6) is 0 Å². The number of hydrogen-bond donors (Lipinski definition) is 1. The summed E-state index contributed by atoms with van der Waals surface area (Å²) in [6.45, 7) is 13.8. The van der Waals surface area contributed by atoms with E-state index in [-0.39, 0.29) is 0 Å². The number of hydrogen-bond acceptors (Lipinski definition) is 9. The monoisotopic (exact) mass is 441 g/mol. The Bertz CT molecular complexity index is 312. The van der Waals surface area contributed by atoms with Gasteiger partial charge >= 0.3 is 8.80 Å². The quantitative estimate of drug-likeness (QED) is 0.176. The molecule has 2 N–H and O–H groups in total. The first-order chi connectivity index (χ1) is 14.2. The fourth-order valence-corrected chi connectivity index (χ4v) is 5.04. The largest absolute Gasteiger partial charge is 0.501 e. The number of nitrogens with two attached hydrogens (primary N) is 1.